The number of carbonyl (C=O) groups excluding carboxylic acids is 1. The van der Waals surface area contributed by atoms with Gasteiger partial charge < -0.3 is 10.1 Å². The summed E-state index contributed by atoms with van der Waals surface area (Å²) in [6.45, 7) is 10.5. The molecule has 0 bridgehead atoms. The van der Waals surface area contributed by atoms with Crippen LogP contribution in [-0.2, 0) is 9.53 Å². The number of hydrogen-bond acceptors (Lipinski definition) is 5. The summed E-state index contributed by atoms with van der Waals surface area (Å²) in [5.41, 5.74) is 2.95. The van der Waals surface area contributed by atoms with Crippen LogP contribution in [0.1, 0.15) is 52.5 Å². The van der Waals surface area contributed by atoms with E-state index < -0.39 is 5.60 Å². The molecule has 0 spiro atoms. The molecule has 5 heteroatoms. The fourth-order valence-corrected chi connectivity index (χ4v) is 2.94. The first kappa shape index (κ1) is 18.5. The Bertz CT molecular complexity index is 669. The van der Waals surface area contributed by atoms with E-state index in [4.69, 9.17) is 4.74 Å². The van der Waals surface area contributed by atoms with Gasteiger partial charge in [0.25, 0.3) is 0 Å². The number of anilines is 1. The Labute approximate surface area is 148 Å². The van der Waals surface area contributed by atoms with Crippen LogP contribution in [0.3, 0.4) is 0 Å². The SMILES string of the molecule is CC(C)c1ccc(-c2csc(NCCC(=O)OC(C)(C)C)n2)cc1. The topological polar surface area (TPSA) is 51.2 Å². The van der Waals surface area contributed by atoms with Crippen molar-refractivity contribution in [2.75, 3.05) is 11.9 Å². The summed E-state index contributed by atoms with van der Waals surface area (Å²) in [6, 6.07) is 8.51. The van der Waals surface area contributed by atoms with E-state index in [2.05, 4.69) is 48.4 Å². The summed E-state index contributed by atoms with van der Waals surface area (Å²) < 4.78 is 5.28. The zero-order valence-electron chi connectivity index (χ0n) is 15.1. The van der Waals surface area contributed by atoms with Gasteiger partial charge in [0.15, 0.2) is 5.13 Å². The average molecular weight is 346 g/mol. The van der Waals surface area contributed by atoms with E-state index in [1.165, 1.54) is 5.56 Å². The van der Waals surface area contributed by atoms with Gasteiger partial charge >= 0.3 is 5.97 Å². The van der Waals surface area contributed by atoms with E-state index in [0.717, 1.165) is 16.4 Å². The maximum Gasteiger partial charge on any atom is 0.308 e. The number of benzene rings is 1. The normalized spacial score (nSPS) is 11.6. The standard InChI is InChI=1S/C19H26N2O2S/c1-13(2)14-6-8-15(9-7-14)16-12-24-18(21-16)20-11-10-17(22)23-19(3,4)5/h6-9,12-13H,10-11H2,1-5H3,(H,20,21). The highest BCUT2D eigenvalue weighted by Crippen LogP contribution is 2.26. The lowest BCUT2D eigenvalue weighted by molar-refractivity contribution is -0.154. The minimum Gasteiger partial charge on any atom is -0.460 e. The molecular formula is C19H26N2O2S. The van der Waals surface area contributed by atoms with Crippen molar-refractivity contribution in [2.45, 2.75) is 52.6 Å². The number of esters is 1. The van der Waals surface area contributed by atoms with Gasteiger partial charge in [0, 0.05) is 17.5 Å². The monoisotopic (exact) mass is 346 g/mol. The largest absolute Gasteiger partial charge is 0.460 e. The molecule has 2 aromatic rings. The van der Waals surface area contributed by atoms with Gasteiger partial charge in [-0.3, -0.25) is 4.79 Å². The van der Waals surface area contributed by atoms with Crippen LogP contribution in [0.4, 0.5) is 5.13 Å². The van der Waals surface area contributed by atoms with Gasteiger partial charge in [0.2, 0.25) is 0 Å². The Hall–Kier alpha value is -1.88. The predicted octanol–water partition coefficient (Wildman–Crippen LogP) is 5.08. The fraction of sp³-hybridized carbons (Fsp3) is 0.474. The van der Waals surface area contributed by atoms with Crippen LogP contribution in [0.15, 0.2) is 29.6 Å². The van der Waals surface area contributed by atoms with Crippen molar-refractivity contribution < 1.29 is 9.53 Å². The molecule has 2 rings (SSSR count). The number of nitrogens with one attached hydrogen (secondary N) is 1. The molecule has 1 heterocycles. The summed E-state index contributed by atoms with van der Waals surface area (Å²) in [7, 11) is 0. The average Bonchev–Trinajstić information content (AvgIpc) is 2.94. The Balaban J connectivity index is 1.88. The van der Waals surface area contributed by atoms with Gasteiger partial charge in [0.05, 0.1) is 12.1 Å². The molecule has 1 N–H and O–H groups in total. The molecule has 0 amide bonds. The molecule has 4 nitrogen and oxygen atoms in total. The van der Waals surface area contributed by atoms with Crippen molar-refractivity contribution >= 4 is 22.4 Å². The Kier molecular flexibility index (Phi) is 5.99. The smallest absolute Gasteiger partial charge is 0.308 e. The van der Waals surface area contributed by atoms with Crippen molar-refractivity contribution in [2.24, 2.45) is 0 Å². The Morgan fingerprint density at radius 2 is 1.92 bits per heavy atom. The highest BCUT2D eigenvalue weighted by Gasteiger charge is 2.15. The molecule has 24 heavy (non-hydrogen) atoms. The van der Waals surface area contributed by atoms with E-state index in [1.807, 2.05) is 26.2 Å². The number of ether oxygens (including phenoxy) is 1. The molecule has 1 aromatic carbocycles. The second kappa shape index (κ2) is 7.79. The van der Waals surface area contributed by atoms with E-state index >= 15 is 0 Å². The number of rotatable bonds is 6. The fourth-order valence-electron chi connectivity index (χ4n) is 2.19. The number of aromatic nitrogens is 1. The number of carbonyl (C=O) groups is 1. The first-order valence-corrected chi connectivity index (χ1v) is 9.14. The summed E-state index contributed by atoms with van der Waals surface area (Å²) in [6.07, 6.45) is 0.329. The van der Waals surface area contributed by atoms with Gasteiger partial charge in [0.1, 0.15) is 5.60 Å². The third kappa shape index (κ3) is 5.64. The third-order valence-electron chi connectivity index (χ3n) is 3.40. The first-order valence-electron chi connectivity index (χ1n) is 8.26. The lowest BCUT2D eigenvalue weighted by Gasteiger charge is -2.19. The van der Waals surface area contributed by atoms with Gasteiger partial charge in [-0.05, 0) is 32.3 Å². The van der Waals surface area contributed by atoms with Crippen LogP contribution < -0.4 is 5.32 Å². The molecule has 0 radical (unpaired) electrons. The summed E-state index contributed by atoms with van der Waals surface area (Å²) in [5, 5.41) is 6.04. The van der Waals surface area contributed by atoms with Crippen LogP contribution in [0, 0.1) is 0 Å². The predicted molar refractivity (Wildman–Crippen MR) is 101 cm³/mol. The molecule has 0 saturated heterocycles. The maximum atomic E-state index is 11.7. The lowest BCUT2D eigenvalue weighted by atomic mass is 10.0. The summed E-state index contributed by atoms with van der Waals surface area (Å²) >= 11 is 1.55. The molecule has 0 aliphatic carbocycles. The molecule has 0 unspecified atom stereocenters. The number of thiazole rings is 1. The van der Waals surface area contributed by atoms with Crippen molar-refractivity contribution in [1.82, 2.24) is 4.98 Å². The maximum absolute atomic E-state index is 11.7. The van der Waals surface area contributed by atoms with Gasteiger partial charge in [-0.1, -0.05) is 38.1 Å². The van der Waals surface area contributed by atoms with Crippen LogP contribution in [-0.4, -0.2) is 23.1 Å². The second-order valence-electron chi connectivity index (χ2n) is 7.08. The van der Waals surface area contributed by atoms with Gasteiger partial charge in [-0.2, -0.15) is 0 Å². The zero-order chi connectivity index (χ0) is 17.7. The van der Waals surface area contributed by atoms with Crippen molar-refractivity contribution in [3.05, 3.63) is 35.2 Å². The third-order valence-corrected chi connectivity index (χ3v) is 4.20. The van der Waals surface area contributed by atoms with Crippen molar-refractivity contribution in [1.29, 1.82) is 0 Å². The molecule has 0 aliphatic heterocycles. The van der Waals surface area contributed by atoms with E-state index in [9.17, 15) is 4.79 Å². The Morgan fingerprint density at radius 1 is 1.25 bits per heavy atom. The zero-order valence-corrected chi connectivity index (χ0v) is 15.9. The molecule has 1 aromatic heterocycles. The highest BCUT2D eigenvalue weighted by molar-refractivity contribution is 7.14. The second-order valence-corrected chi connectivity index (χ2v) is 7.94. The van der Waals surface area contributed by atoms with E-state index in [0.29, 0.717) is 18.9 Å². The van der Waals surface area contributed by atoms with Crippen LogP contribution in [0.25, 0.3) is 11.3 Å². The van der Waals surface area contributed by atoms with Crippen molar-refractivity contribution in [3.8, 4) is 11.3 Å². The minimum atomic E-state index is -0.437. The van der Waals surface area contributed by atoms with Crippen LogP contribution in [0.2, 0.25) is 0 Å². The molecule has 0 saturated carbocycles. The molecule has 130 valence electrons. The first-order chi connectivity index (χ1) is 11.2. The quantitative estimate of drug-likeness (QED) is 0.741. The molecule has 0 aliphatic rings. The van der Waals surface area contributed by atoms with Crippen LogP contribution >= 0.6 is 11.3 Å². The minimum absolute atomic E-state index is 0.198. The van der Waals surface area contributed by atoms with E-state index in [1.54, 1.807) is 11.3 Å². The Morgan fingerprint density at radius 3 is 2.50 bits per heavy atom. The highest BCUT2D eigenvalue weighted by atomic mass is 32.1. The summed E-state index contributed by atoms with van der Waals surface area (Å²) in [5.74, 6) is 0.329. The lowest BCUT2D eigenvalue weighted by Crippen LogP contribution is -2.25. The molecule has 0 atom stereocenters. The number of hydrogen-bond donors (Lipinski definition) is 1. The van der Waals surface area contributed by atoms with Gasteiger partial charge in [-0.15, -0.1) is 11.3 Å². The summed E-state index contributed by atoms with van der Waals surface area (Å²) in [4.78, 5) is 16.3. The van der Waals surface area contributed by atoms with Crippen LogP contribution in [0.5, 0.6) is 0 Å². The molecule has 0 fully saturated rings. The van der Waals surface area contributed by atoms with E-state index in [-0.39, 0.29) is 5.97 Å². The van der Waals surface area contributed by atoms with Crippen molar-refractivity contribution in [3.63, 3.8) is 0 Å². The molecular weight excluding hydrogens is 320 g/mol. The number of nitrogens with zero attached hydrogens (tertiary/aromatic N) is 1. The van der Waals surface area contributed by atoms with Gasteiger partial charge in [-0.25, -0.2) is 4.98 Å².